The van der Waals surface area contributed by atoms with Crippen molar-refractivity contribution in [2.24, 2.45) is 0 Å². The third kappa shape index (κ3) is 3.74. The fourth-order valence-electron chi connectivity index (χ4n) is 6.54. The monoisotopic (exact) mass is 509 g/mol. The van der Waals surface area contributed by atoms with Crippen molar-refractivity contribution in [1.29, 1.82) is 0 Å². The predicted molar refractivity (Wildman–Crippen MR) is 142 cm³/mol. The van der Waals surface area contributed by atoms with E-state index in [1.807, 2.05) is 30.5 Å². The van der Waals surface area contributed by atoms with Gasteiger partial charge in [-0.15, -0.1) is 0 Å². The Kier molecular flexibility index (Phi) is 5.40. The van der Waals surface area contributed by atoms with E-state index in [9.17, 15) is 9.59 Å². The molecule has 0 saturated carbocycles. The van der Waals surface area contributed by atoms with Crippen molar-refractivity contribution in [1.82, 2.24) is 25.1 Å². The highest BCUT2D eigenvalue weighted by atomic mass is 16.5. The summed E-state index contributed by atoms with van der Waals surface area (Å²) in [5, 5.41) is 2.81. The lowest BCUT2D eigenvalue weighted by Crippen LogP contribution is -2.49. The molecule has 7 rings (SSSR count). The van der Waals surface area contributed by atoms with Gasteiger partial charge in [-0.25, -0.2) is 4.98 Å². The van der Waals surface area contributed by atoms with E-state index in [2.05, 4.69) is 45.0 Å². The van der Waals surface area contributed by atoms with Crippen LogP contribution in [0.3, 0.4) is 0 Å². The molecule has 2 fully saturated rings. The highest BCUT2D eigenvalue weighted by Gasteiger charge is 2.47. The molecule has 1 atom stereocenters. The van der Waals surface area contributed by atoms with Crippen LogP contribution in [0.15, 0.2) is 60.9 Å². The van der Waals surface area contributed by atoms with Gasteiger partial charge in [-0.05, 0) is 44.8 Å². The summed E-state index contributed by atoms with van der Waals surface area (Å²) in [6.45, 7) is 7.71. The van der Waals surface area contributed by atoms with Crippen molar-refractivity contribution < 1.29 is 14.3 Å². The number of aromatic nitrogens is 2. The number of carbonyl (C=O) groups is 2. The number of H-pyrrole nitrogens is 1. The van der Waals surface area contributed by atoms with Crippen LogP contribution in [0.25, 0.3) is 11.4 Å². The molecule has 0 radical (unpaired) electrons. The molecule has 2 amide bonds. The van der Waals surface area contributed by atoms with Crippen molar-refractivity contribution in [3.8, 4) is 17.1 Å². The fourth-order valence-corrected chi connectivity index (χ4v) is 6.54. The van der Waals surface area contributed by atoms with E-state index in [0.717, 1.165) is 66.6 Å². The van der Waals surface area contributed by atoms with Gasteiger partial charge in [-0.2, -0.15) is 0 Å². The highest BCUT2D eigenvalue weighted by Crippen LogP contribution is 2.49. The molecule has 2 N–H and O–H groups in total. The Labute approximate surface area is 221 Å². The van der Waals surface area contributed by atoms with Crippen LogP contribution in [0, 0.1) is 0 Å². The van der Waals surface area contributed by atoms with E-state index in [1.165, 1.54) is 5.56 Å². The van der Waals surface area contributed by atoms with Crippen LogP contribution in [-0.2, 0) is 23.3 Å². The van der Waals surface area contributed by atoms with Crippen molar-refractivity contribution in [3.05, 3.63) is 83.3 Å². The lowest BCUT2D eigenvalue weighted by atomic mass is 9.74. The third-order valence-electron chi connectivity index (χ3n) is 8.73. The standard InChI is InChI=1S/C30H31N5O3/c1-19-7-10-25(28(36)32-19)35-17-23-22(29(35)37)8-9-24-26(23)38-18-30(24)11-13-34(14-12-30)16-21-15-31-27(33-21)20-5-3-2-4-6-20/h2-6,8-9,15,25H,1,7,10-14,16-18H2,(H,31,33)(H,32,36). The molecule has 3 aromatic rings. The predicted octanol–water partition coefficient (Wildman–Crippen LogP) is 3.75. The van der Waals surface area contributed by atoms with Gasteiger partial charge in [-0.1, -0.05) is 43.0 Å². The van der Waals surface area contributed by atoms with Crippen LogP contribution in [0.5, 0.6) is 5.75 Å². The quantitative estimate of drug-likeness (QED) is 0.559. The van der Waals surface area contributed by atoms with E-state index in [1.54, 1.807) is 4.90 Å². The van der Waals surface area contributed by atoms with E-state index in [-0.39, 0.29) is 17.2 Å². The van der Waals surface area contributed by atoms with E-state index < -0.39 is 6.04 Å². The number of rotatable bonds is 4. The number of fused-ring (bicyclic) bond motifs is 4. The van der Waals surface area contributed by atoms with Gasteiger partial charge in [-0.3, -0.25) is 14.5 Å². The molecule has 2 aromatic carbocycles. The zero-order chi connectivity index (χ0) is 25.9. The van der Waals surface area contributed by atoms with Gasteiger partial charge in [0.25, 0.3) is 5.91 Å². The average Bonchev–Trinajstić information content (AvgIpc) is 3.63. The zero-order valence-electron chi connectivity index (χ0n) is 21.3. The maximum Gasteiger partial charge on any atom is 0.255 e. The molecule has 1 spiro atoms. The van der Waals surface area contributed by atoms with Crippen LogP contribution in [0.1, 0.15) is 52.9 Å². The first-order chi connectivity index (χ1) is 18.5. The average molecular weight is 510 g/mol. The summed E-state index contributed by atoms with van der Waals surface area (Å²) < 4.78 is 6.34. The molecule has 4 aliphatic heterocycles. The molecular weight excluding hydrogens is 478 g/mol. The van der Waals surface area contributed by atoms with Crippen LogP contribution in [-0.4, -0.2) is 57.3 Å². The summed E-state index contributed by atoms with van der Waals surface area (Å²) in [5.74, 6) is 1.55. The first-order valence-corrected chi connectivity index (χ1v) is 13.4. The normalized spacial score (nSPS) is 22.4. The van der Waals surface area contributed by atoms with Crippen LogP contribution < -0.4 is 10.1 Å². The zero-order valence-corrected chi connectivity index (χ0v) is 21.3. The number of nitrogens with one attached hydrogen (secondary N) is 2. The van der Waals surface area contributed by atoms with Gasteiger partial charge in [0.2, 0.25) is 5.91 Å². The molecule has 0 aliphatic carbocycles. The van der Waals surface area contributed by atoms with Crippen molar-refractivity contribution in [3.63, 3.8) is 0 Å². The number of benzene rings is 2. The fraction of sp³-hybridized carbons (Fsp3) is 0.367. The van der Waals surface area contributed by atoms with Crippen LogP contribution in [0.2, 0.25) is 0 Å². The Bertz CT molecular complexity index is 1440. The second-order valence-electron chi connectivity index (χ2n) is 11.0. The molecule has 1 unspecified atom stereocenters. The maximum absolute atomic E-state index is 13.3. The Morgan fingerprint density at radius 2 is 1.92 bits per heavy atom. The number of amides is 2. The Balaban J connectivity index is 1.05. The van der Waals surface area contributed by atoms with E-state index in [4.69, 9.17) is 4.74 Å². The van der Waals surface area contributed by atoms with Crippen LogP contribution in [0.4, 0.5) is 0 Å². The second-order valence-corrected chi connectivity index (χ2v) is 11.0. The number of allylic oxidation sites excluding steroid dienone is 1. The van der Waals surface area contributed by atoms with Crippen molar-refractivity contribution >= 4 is 11.8 Å². The minimum Gasteiger partial charge on any atom is -0.492 e. The first kappa shape index (κ1) is 23.2. The molecule has 0 bridgehead atoms. The Morgan fingerprint density at radius 3 is 2.71 bits per heavy atom. The number of likely N-dealkylation sites (tertiary alicyclic amines) is 1. The Hall–Kier alpha value is -3.91. The van der Waals surface area contributed by atoms with Gasteiger partial charge in [0.15, 0.2) is 0 Å². The Morgan fingerprint density at radius 1 is 1.11 bits per heavy atom. The lowest BCUT2D eigenvalue weighted by molar-refractivity contribution is -0.126. The number of piperidine rings is 2. The minimum absolute atomic E-state index is 0.0273. The number of imidazole rings is 1. The van der Waals surface area contributed by atoms with Gasteiger partial charge in [0, 0.05) is 51.8 Å². The lowest BCUT2D eigenvalue weighted by Gasteiger charge is -2.38. The molecule has 1 aromatic heterocycles. The third-order valence-corrected chi connectivity index (χ3v) is 8.73. The number of nitrogens with zero attached hydrogens (tertiary/aromatic N) is 3. The molecule has 5 heterocycles. The first-order valence-electron chi connectivity index (χ1n) is 13.4. The summed E-state index contributed by atoms with van der Waals surface area (Å²) >= 11 is 0. The van der Waals surface area contributed by atoms with Gasteiger partial charge in [0.1, 0.15) is 17.6 Å². The molecule has 194 valence electrons. The van der Waals surface area contributed by atoms with Crippen LogP contribution >= 0.6 is 0 Å². The largest absolute Gasteiger partial charge is 0.492 e. The second kappa shape index (κ2) is 8.84. The topological polar surface area (TPSA) is 90.6 Å². The summed E-state index contributed by atoms with van der Waals surface area (Å²) in [4.78, 5) is 38.1. The minimum atomic E-state index is -0.459. The van der Waals surface area contributed by atoms with E-state index >= 15 is 0 Å². The number of hydrogen-bond donors (Lipinski definition) is 2. The number of carbonyl (C=O) groups excluding carboxylic acids is 2. The number of aromatic amines is 1. The summed E-state index contributed by atoms with van der Waals surface area (Å²) in [7, 11) is 0. The number of ether oxygens (including phenoxy) is 1. The SMILES string of the molecule is C=C1CCC(N2Cc3c(ccc4c3OCC43CCN(Cc4cnc(-c5ccccc5)[nH]4)CC3)C2=O)C(=O)N1. The molecule has 2 saturated heterocycles. The molecule has 8 nitrogen and oxygen atoms in total. The van der Waals surface area contributed by atoms with Gasteiger partial charge < -0.3 is 19.9 Å². The number of hydrogen-bond acceptors (Lipinski definition) is 5. The summed E-state index contributed by atoms with van der Waals surface area (Å²) in [5.41, 5.74) is 5.74. The summed E-state index contributed by atoms with van der Waals surface area (Å²) in [6, 6.07) is 13.8. The van der Waals surface area contributed by atoms with Crippen molar-refractivity contribution in [2.75, 3.05) is 19.7 Å². The molecule has 38 heavy (non-hydrogen) atoms. The smallest absolute Gasteiger partial charge is 0.255 e. The molecule has 8 heteroatoms. The van der Waals surface area contributed by atoms with E-state index in [0.29, 0.717) is 31.6 Å². The maximum atomic E-state index is 13.3. The van der Waals surface area contributed by atoms with Crippen molar-refractivity contribution in [2.45, 2.75) is 50.2 Å². The van der Waals surface area contributed by atoms with Gasteiger partial charge >= 0.3 is 0 Å². The molecular formula is C30H31N5O3. The van der Waals surface area contributed by atoms with Gasteiger partial charge in [0.05, 0.1) is 13.2 Å². The molecule has 4 aliphatic rings. The highest BCUT2D eigenvalue weighted by molar-refractivity contribution is 6.02. The summed E-state index contributed by atoms with van der Waals surface area (Å²) in [6.07, 6.45) is 5.25.